The number of rotatable bonds is 9. The molecular formula is C19H22N2O6S. The minimum absolute atomic E-state index is 0.146. The van der Waals surface area contributed by atoms with Gasteiger partial charge in [0, 0.05) is 6.42 Å². The van der Waals surface area contributed by atoms with E-state index in [1.165, 1.54) is 12.1 Å². The molecule has 2 aromatic carbocycles. The van der Waals surface area contributed by atoms with Gasteiger partial charge in [0.25, 0.3) is 5.91 Å². The number of hydrazine groups is 1. The first-order valence-corrected chi connectivity index (χ1v) is 10.3. The van der Waals surface area contributed by atoms with Crippen LogP contribution in [0.4, 0.5) is 0 Å². The number of amides is 2. The number of sulfone groups is 1. The van der Waals surface area contributed by atoms with E-state index in [9.17, 15) is 18.0 Å². The molecule has 0 atom stereocenters. The molecule has 0 fully saturated rings. The van der Waals surface area contributed by atoms with Crippen LogP contribution in [0.5, 0.6) is 11.5 Å². The molecule has 0 bridgehead atoms. The van der Waals surface area contributed by atoms with Crippen molar-refractivity contribution >= 4 is 21.7 Å². The fourth-order valence-corrected chi connectivity index (χ4v) is 3.46. The van der Waals surface area contributed by atoms with Crippen molar-refractivity contribution in [2.24, 2.45) is 0 Å². The third-order valence-electron chi connectivity index (χ3n) is 3.55. The van der Waals surface area contributed by atoms with Gasteiger partial charge in [-0.3, -0.25) is 20.4 Å². The summed E-state index contributed by atoms with van der Waals surface area (Å²) < 4.78 is 35.0. The maximum atomic E-state index is 12.1. The molecule has 2 aromatic rings. The zero-order chi connectivity index (χ0) is 20.4. The molecule has 150 valence electrons. The lowest BCUT2D eigenvalue weighted by Gasteiger charge is -2.12. The molecule has 0 saturated heterocycles. The van der Waals surface area contributed by atoms with Crippen LogP contribution in [0.1, 0.15) is 13.3 Å². The van der Waals surface area contributed by atoms with Gasteiger partial charge in [0.15, 0.2) is 27.9 Å². The first-order valence-electron chi connectivity index (χ1n) is 8.62. The van der Waals surface area contributed by atoms with Crippen molar-refractivity contribution in [3.63, 3.8) is 0 Å². The van der Waals surface area contributed by atoms with E-state index < -0.39 is 21.7 Å². The van der Waals surface area contributed by atoms with Gasteiger partial charge in [-0.25, -0.2) is 8.42 Å². The van der Waals surface area contributed by atoms with Gasteiger partial charge in [-0.1, -0.05) is 30.3 Å². The van der Waals surface area contributed by atoms with Gasteiger partial charge < -0.3 is 9.47 Å². The standard InChI is InChI=1S/C19H22N2O6S/c1-2-26-16-10-6-7-11-17(16)27-14-19(23)21-20-18(22)12-13-28(24,25)15-8-4-3-5-9-15/h3-11H,2,12-14H2,1H3,(H,20,22)(H,21,23). The molecule has 0 saturated carbocycles. The summed E-state index contributed by atoms with van der Waals surface area (Å²) in [6.45, 7) is 1.94. The quantitative estimate of drug-likeness (QED) is 0.610. The Hall–Kier alpha value is -3.07. The maximum absolute atomic E-state index is 12.1. The fraction of sp³-hybridized carbons (Fsp3) is 0.263. The predicted molar refractivity (Wildman–Crippen MR) is 103 cm³/mol. The highest BCUT2D eigenvalue weighted by molar-refractivity contribution is 7.91. The Labute approximate surface area is 163 Å². The molecule has 0 unspecified atom stereocenters. The predicted octanol–water partition coefficient (Wildman–Crippen LogP) is 1.48. The second-order valence-electron chi connectivity index (χ2n) is 5.65. The van der Waals surface area contributed by atoms with Crippen molar-refractivity contribution in [1.29, 1.82) is 0 Å². The summed E-state index contributed by atoms with van der Waals surface area (Å²) in [4.78, 5) is 23.7. The first kappa shape index (κ1) is 21.2. The summed E-state index contributed by atoms with van der Waals surface area (Å²) in [5.74, 6) is -0.669. The molecule has 0 spiro atoms. The second-order valence-corrected chi connectivity index (χ2v) is 7.76. The van der Waals surface area contributed by atoms with E-state index in [-0.39, 0.29) is 23.7 Å². The highest BCUT2D eigenvalue weighted by Crippen LogP contribution is 2.26. The fourth-order valence-electron chi connectivity index (χ4n) is 2.20. The summed E-state index contributed by atoms with van der Waals surface area (Å²) in [5.41, 5.74) is 4.35. The zero-order valence-electron chi connectivity index (χ0n) is 15.4. The van der Waals surface area contributed by atoms with Gasteiger partial charge in [0.1, 0.15) is 0 Å². The second kappa shape index (κ2) is 10.3. The van der Waals surface area contributed by atoms with Crippen molar-refractivity contribution in [1.82, 2.24) is 10.9 Å². The number of para-hydroxylation sites is 2. The number of carbonyl (C=O) groups excluding carboxylic acids is 2. The van der Waals surface area contributed by atoms with Gasteiger partial charge in [-0.2, -0.15) is 0 Å². The van der Waals surface area contributed by atoms with Crippen molar-refractivity contribution in [2.75, 3.05) is 19.0 Å². The number of ether oxygens (including phenoxy) is 2. The topological polar surface area (TPSA) is 111 Å². The Bertz CT molecular complexity index is 900. The van der Waals surface area contributed by atoms with Crippen LogP contribution >= 0.6 is 0 Å². The minimum atomic E-state index is -3.56. The van der Waals surface area contributed by atoms with Gasteiger partial charge >= 0.3 is 0 Å². The van der Waals surface area contributed by atoms with Gasteiger partial charge in [-0.05, 0) is 31.2 Å². The van der Waals surface area contributed by atoms with Crippen LogP contribution in [0.25, 0.3) is 0 Å². The van der Waals surface area contributed by atoms with Crippen molar-refractivity contribution in [2.45, 2.75) is 18.2 Å². The summed E-state index contributed by atoms with van der Waals surface area (Å²) in [7, 11) is -3.56. The Morgan fingerprint density at radius 2 is 1.43 bits per heavy atom. The summed E-state index contributed by atoms with van der Waals surface area (Å²) in [5, 5.41) is 0. The Morgan fingerprint density at radius 3 is 2.07 bits per heavy atom. The van der Waals surface area contributed by atoms with Gasteiger partial charge in [0.2, 0.25) is 5.91 Å². The molecular weight excluding hydrogens is 384 g/mol. The van der Waals surface area contributed by atoms with Crippen LogP contribution in [-0.4, -0.2) is 39.2 Å². The molecule has 0 heterocycles. The summed E-state index contributed by atoms with van der Waals surface area (Å²) in [6, 6.07) is 14.7. The lowest BCUT2D eigenvalue weighted by molar-refractivity contribution is -0.129. The Morgan fingerprint density at radius 1 is 0.857 bits per heavy atom. The molecule has 0 aliphatic carbocycles. The monoisotopic (exact) mass is 406 g/mol. The number of carbonyl (C=O) groups is 2. The average Bonchev–Trinajstić information content (AvgIpc) is 2.71. The van der Waals surface area contributed by atoms with E-state index >= 15 is 0 Å². The van der Waals surface area contributed by atoms with Crippen LogP contribution in [0.15, 0.2) is 59.5 Å². The molecule has 0 radical (unpaired) electrons. The lowest BCUT2D eigenvalue weighted by Crippen LogP contribution is -2.44. The number of hydrogen-bond donors (Lipinski definition) is 2. The summed E-state index contributed by atoms with van der Waals surface area (Å²) >= 11 is 0. The normalized spacial score (nSPS) is 10.8. The van der Waals surface area contributed by atoms with E-state index in [4.69, 9.17) is 9.47 Å². The molecule has 2 amide bonds. The van der Waals surface area contributed by atoms with Crippen molar-refractivity contribution in [3.05, 3.63) is 54.6 Å². The number of benzene rings is 2. The van der Waals surface area contributed by atoms with Gasteiger partial charge in [0.05, 0.1) is 17.3 Å². The average molecular weight is 406 g/mol. The number of nitrogens with one attached hydrogen (secondary N) is 2. The van der Waals surface area contributed by atoms with E-state index in [1.807, 2.05) is 6.92 Å². The van der Waals surface area contributed by atoms with Crippen LogP contribution in [-0.2, 0) is 19.4 Å². The molecule has 0 aliphatic rings. The highest BCUT2D eigenvalue weighted by Gasteiger charge is 2.16. The minimum Gasteiger partial charge on any atom is -0.490 e. The van der Waals surface area contributed by atoms with Crippen LogP contribution in [0, 0.1) is 0 Å². The van der Waals surface area contributed by atoms with E-state index in [0.29, 0.717) is 18.1 Å². The molecule has 2 rings (SSSR count). The van der Waals surface area contributed by atoms with Crippen LogP contribution in [0.2, 0.25) is 0 Å². The first-order chi connectivity index (χ1) is 13.4. The van der Waals surface area contributed by atoms with Crippen molar-refractivity contribution < 1.29 is 27.5 Å². The summed E-state index contributed by atoms with van der Waals surface area (Å²) in [6.07, 6.45) is -0.286. The molecule has 2 N–H and O–H groups in total. The largest absolute Gasteiger partial charge is 0.490 e. The van der Waals surface area contributed by atoms with Crippen molar-refractivity contribution in [3.8, 4) is 11.5 Å². The van der Waals surface area contributed by atoms with E-state index in [0.717, 1.165) is 0 Å². The highest BCUT2D eigenvalue weighted by atomic mass is 32.2. The zero-order valence-corrected chi connectivity index (χ0v) is 16.2. The molecule has 8 nitrogen and oxygen atoms in total. The van der Waals surface area contributed by atoms with Crippen LogP contribution in [0.3, 0.4) is 0 Å². The number of hydrogen-bond acceptors (Lipinski definition) is 6. The maximum Gasteiger partial charge on any atom is 0.276 e. The van der Waals surface area contributed by atoms with E-state index in [1.54, 1.807) is 42.5 Å². The smallest absolute Gasteiger partial charge is 0.276 e. The molecule has 28 heavy (non-hydrogen) atoms. The lowest BCUT2D eigenvalue weighted by atomic mass is 10.3. The Kier molecular flexibility index (Phi) is 7.82. The van der Waals surface area contributed by atoms with Gasteiger partial charge in [-0.15, -0.1) is 0 Å². The van der Waals surface area contributed by atoms with Crippen LogP contribution < -0.4 is 20.3 Å². The molecule has 0 aromatic heterocycles. The molecule has 0 aliphatic heterocycles. The Balaban J connectivity index is 1.75. The third kappa shape index (κ3) is 6.58. The SMILES string of the molecule is CCOc1ccccc1OCC(=O)NNC(=O)CCS(=O)(=O)c1ccccc1. The van der Waals surface area contributed by atoms with E-state index in [2.05, 4.69) is 10.9 Å². The molecule has 9 heteroatoms. The third-order valence-corrected chi connectivity index (χ3v) is 5.28.